The van der Waals surface area contributed by atoms with Crippen molar-refractivity contribution in [2.75, 3.05) is 20.3 Å². The first-order valence-electron chi connectivity index (χ1n) is 7.88. The molecule has 0 bridgehead atoms. The number of hydrogen-bond donors (Lipinski definition) is 1. The molecule has 1 atom stereocenters. The summed E-state index contributed by atoms with van der Waals surface area (Å²) in [5.41, 5.74) is 1.12. The maximum absolute atomic E-state index is 5.82. The Morgan fingerprint density at radius 1 is 1.24 bits per heavy atom. The first-order chi connectivity index (χ1) is 10.2. The van der Waals surface area contributed by atoms with E-state index >= 15 is 0 Å². The minimum atomic E-state index is 0.602. The van der Waals surface area contributed by atoms with Crippen LogP contribution in [0.2, 0.25) is 0 Å². The molecule has 0 heterocycles. The molecule has 1 rings (SSSR count). The third-order valence-electron chi connectivity index (χ3n) is 3.48. The lowest BCUT2D eigenvalue weighted by Crippen LogP contribution is -2.26. The fourth-order valence-corrected chi connectivity index (χ4v) is 2.00. The molecule has 3 heteroatoms. The number of methoxy groups -OCH3 is 1. The van der Waals surface area contributed by atoms with Crippen LogP contribution in [0, 0.1) is 0 Å². The topological polar surface area (TPSA) is 30.5 Å². The predicted octanol–water partition coefficient (Wildman–Crippen LogP) is 4.28. The minimum Gasteiger partial charge on any atom is -0.493 e. The standard InChI is InChI=1S/C18H29NO2/c1-5-9-16-10-11-17(18(14-16)20-4)21-13-8-7-12-19-15(3)6-2/h5,9-11,14-15,19H,6-8,12-13H2,1-4H3/b9-5+. The van der Waals surface area contributed by atoms with E-state index in [2.05, 4.69) is 19.2 Å². The first kappa shape index (κ1) is 17.6. The average molecular weight is 291 g/mol. The van der Waals surface area contributed by atoms with Gasteiger partial charge in [0, 0.05) is 6.04 Å². The van der Waals surface area contributed by atoms with Crippen LogP contribution in [0.3, 0.4) is 0 Å². The van der Waals surface area contributed by atoms with Gasteiger partial charge in [-0.25, -0.2) is 0 Å². The summed E-state index contributed by atoms with van der Waals surface area (Å²) < 4.78 is 11.2. The summed E-state index contributed by atoms with van der Waals surface area (Å²) in [5.74, 6) is 1.61. The van der Waals surface area contributed by atoms with Gasteiger partial charge >= 0.3 is 0 Å². The predicted molar refractivity (Wildman–Crippen MR) is 90.2 cm³/mol. The number of ether oxygens (including phenoxy) is 2. The molecule has 1 unspecified atom stereocenters. The van der Waals surface area contributed by atoms with Gasteiger partial charge in [0.1, 0.15) is 0 Å². The summed E-state index contributed by atoms with van der Waals surface area (Å²) in [7, 11) is 1.68. The van der Waals surface area contributed by atoms with Gasteiger partial charge in [0.25, 0.3) is 0 Å². The Hall–Kier alpha value is -1.48. The van der Waals surface area contributed by atoms with Gasteiger partial charge in [0.2, 0.25) is 0 Å². The van der Waals surface area contributed by atoms with Crippen molar-refractivity contribution in [3.63, 3.8) is 0 Å². The molecule has 1 aromatic carbocycles. The number of rotatable bonds is 10. The van der Waals surface area contributed by atoms with Gasteiger partial charge in [-0.15, -0.1) is 0 Å². The molecule has 1 aromatic rings. The molecule has 0 amide bonds. The largest absolute Gasteiger partial charge is 0.493 e. The second-order valence-corrected chi connectivity index (χ2v) is 5.23. The van der Waals surface area contributed by atoms with Crippen LogP contribution in [0.1, 0.15) is 45.6 Å². The van der Waals surface area contributed by atoms with Gasteiger partial charge in [-0.05, 0) is 57.4 Å². The Balaban J connectivity index is 2.34. The maximum Gasteiger partial charge on any atom is 0.161 e. The molecule has 0 saturated carbocycles. The molecule has 3 nitrogen and oxygen atoms in total. The molecule has 0 aliphatic heterocycles. The van der Waals surface area contributed by atoms with Crippen LogP contribution in [-0.2, 0) is 0 Å². The van der Waals surface area contributed by atoms with E-state index in [-0.39, 0.29) is 0 Å². The fraction of sp³-hybridized carbons (Fsp3) is 0.556. The van der Waals surface area contributed by atoms with Crippen LogP contribution in [-0.4, -0.2) is 26.3 Å². The Morgan fingerprint density at radius 2 is 2.05 bits per heavy atom. The third-order valence-corrected chi connectivity index (χ3v) is 3.48. The van der Waals surface area contributed by atoms with E-state index in [1.54, 1.807) is 7.11 Å². The zero-order valence-electron chi connectivity index (χ0n) is 13.8. The molecule has 0 saturated heterocycles. The SMILES string of the molecule is C/C=C/c1ccc(OCCCCNC(C)CC)c(OC)c1. The zero-order chi connectivity index (χ0) is 15.5. The van der Waals surface area contributed by atoms with E-state index in [9.17, 15) is 0 Å². The van der Waals surface area contributed by atoms with Crippen LogP contribution >= 0.6 is 0 Å². The lowest BCUT2D eigenvalue weighted by molar-refractivity contribution is 0.285. The summed E-state index contributed by atoms with van der Waals surface area (Å²) >= 11 is 0. The van der Waals surface area contributed by atoms with Gasteiger partial charge in [0.05, 0.1) is 13.7 Å². The van der Waals surface area contributed by atoms with Crippen LogP contribution in [0.5, 0.6) is 11.5 Å². The highest BCUT2D eigenvalue weighted by atomic mass is 16.5. The van der Waals surface area contributed by atoms with Gasteiger partial charge < -0.3 is 14.8 Å². The second-order valence-electron chi connectivity index (χ2n) is 5.23. The van der Waals surface area contributed by atoms with Crippen molar-refractivity contribution < 1.29 is 9.47 Å². The molecule has 118 valence electrons. The smallest absolute Gasteiger partial charge is 0.161 e. The number of nitrogens with one attached hydrogen (secondary N) is 1. The lowest BCUT2D eigenvalue weighted by atomic mass is 10.2. The van der Waals surface area contributed by atoms with Crippen LogP contribution in [0.4, 0.5) is 0 Å². The highest BCUT2D eigenvalue weighted by Crippen LogP contribution is 2.28. The molecule has 0 spiro atoms. The number of allylic oxidation sites excluding steroid dienone is 1. The van der Waals surface area contributed by atoms with E-state index < -0.39 is 0 Å². The van der Waals surface area contributed by atoms with Crippen LogP contribution < -0.4 is 14.8 Å². The van der Waals surface area contributed by atoms with Gasteiger partial charge in [-0.2, -0.15) is 0 Å². The van der Waals surface area contributed by atoms with E-state index in [1.165, 1.54) is 6.42 Å². The van der Waals surface area contributed by atoms with Crippen LogP contribution in [0.15, 0.2) is 24.3 Å². The van der Waals surface area contributed by atoms with Crippen molar-refractivity contribution in [1.29, 1.82) is 0 Å². The molecule has 21 heavy (non-hydrogen) atoms. The van der Waals surface area contributed by atoms with Crippen molar-refractivity contribution in [3.8, 4) is 11.5 Å². The number of hydrogen-bond acceptors (Lipinski definition) is 3. The zero-order valence-corrected chi connectivity index (χ0v) is 13.8. The molecule has 1 N–H and O–H groups in total. The second kappa shape index (κ2) is 10.3. The Morgan fingerprint density at radius 3 is 2.71 bits per heavy atom. The first-order valence-corrected chi connectivity index (χ1v) is 7.88. The van der Waals surface area contributed by atoms with E-state index in [4.69, 9.17) is 9.47 Å². The molecule has 0 radical (unpaired) electrons. The van der Waals surface area contributed by atoms with Crippen molar-refractivity contribution >= 4 is 6.08 Å². The summed E-state index contributed by atoms with van der Waals surface area (Å²) in [5, 5.41) is 3.49. The molecule has 0 aliphatic carbocycles. The van der Waals surface area contributed by atoms with E-state index in [1.807, 2.05) is 37.3 Å². The lowest BCUT2D eigenvalue weighted by Gasteiger charge is -2.13. The summed E-state index contributed by atoms with van der Waals surface area (Å²) in [6, 6.07) is 6.62. The van der Waals surface area contributed by atoms with Crippen molar-refractivity contribution in [3.05, 3.63) is 29.8 Å². The molecule has 0 aromatic heterocycles. The van der Waals surface area contributed by atoms with Crippen molar-refractivity contribution in [2.45, 2.75) is 46.1 Å². The minimum absolute atomic E-state index is 0.602. The van der Waals surface area contributed by atoms with Crippen LogP contribution in [0.25, 0.3) is 6.08 Å². The summed E-state index contributed by atoms with van der Waals surface area (Å²) in [6.45, 7) is 8.19. The van der Waals surface area contributed by atoms with Gasteiger partial charge in [-0.3, -0.25) is 0 Å². The van der Waals surface area contributed by atoms with Crippen molar-refractivity contribution in [1.82, 2.24) is 5.32 Å². The average Bonchev–Trinajstić information content (AvgIpc) is 2.51. The Bertz CT molecular complexity index is 429. The Kier molecular flexibility index (Phi) is 8.60. The summed E-state index contributed by atoms with van der Waals surface area (Å²) in [4.78, 5) is 0. The molecular weight excluding hydrogens is 262 g/mol. The van der Waals surface area contributed by atoms with Gasteiger partial charge in [0.15, 0.2) is 11.5 Å². The third kappa shape index (κ3) is 6.67. The highest BCUT2D eigenvalue weighted by Gasteiger charge is 2.04. The molecule has 0 aliphatic rings. The molecule has 0 fully saturated rings. The monoisotopic (exact) mass is 291 g/mol. The number of benzene rings is 1. The maximum atomic E-state index is 5.82. The van der Waals surface area contributed by atoms with E-state index in [0.29, 0.717) is 6.04 Å². The normalized spacial score (nSPS) is 12.6. The van der Waals surface area contributed by atoms with Gasteiger partial charge in [-0.1, -0.05) is 25.1 Å². The highest BCUT2D eigenvalue weighted by molar-refractivity contribution is 5.55. The number of unbranched alkanes of at least 4 members (excludes halogenated alkanes) is 1. The summed E-state index contributed by atoms with van der Waals surface area (Å²) in [6.07, 6.45) is 7.41. The van der Waals surface area contributed by atoms with Crippen molar-refractivity contribution in [2.24, 2.45) is 0 Å². The molecular formula is C18H29NO2. The quantitative estimate of drug-likeness (QED) is 0.653. The Labute approximate surface area is 129 Å². The van der Waals surface area contributed by atoms with E-state index in [0.717, 1.165) is 43.1 Å². The fourth-order valence-electron chi connectivity index (χ4n) is 2.00.